The van der Waals surface area contributed by atoms with Crippen molar-refractivity contribution in [3.63, 3.8) is 0 Å². The minimum absolute atomic E-state index is 0.535. The minimum atomic E-state index is -3.30. The lowest BCUT2D eigenvalue weighted by atomic mass is 10.0. The Balaban J connectivity index is 2.11. The fourth-order valence-electron chi connectivity index (χ4n) is 2.62. The van der Waals surface area contributed by atoms with Gasteiger partial charge >= 0.3 is 0 Å². The van der Waals surface area contributed by atoms with Crippen LogP contribution in [0.2, 0.25) is 0 Å². The van der Waals surface area contributed by atoms with Gasteiger partial charge < -0.3 is 4.57 Å². The first-order valence-electron chi connectivity index (χ1n) is 6.95. The van der Waals surface area contributed by atoms with Gasteiger partial charge in [0.05, 0.1) is 29.1 Å². The Morgan fingerprint density at radius 3 is 2.43 bits per heavy atom. The van der Waals surface area contributed by atoms with Gasteiger partial charge in [-0.15, -0.1) is 0 Å². The Kier molecular flexibility index (Phi) is 3.58. The van der Waals surface area contributed by atoms with Crippen LogP contribution in [0, 0.1) is 11.3 Å². The molecule has 0 aliphatic rings. The first-order valence-corrected chi connectivity index (χ1v) is 8.84. The second-order valence-corrected chi connectivity index (χ2v) is 7.20. The number of sulfonamides is 1. The summed E-state index contributed by atoms with van der Waals surface area (Å²) in [5.41, 5.74) is 4.13. The Bertz CT molecular complexity index is 1030. The van der Waals surface area contributed by atoms with E-state index in [0.717, 1.165) is 28.3 Å². The maximum Gasteiger partial charge on any atom is 0.229 e. The van der Waals surface area contributed by atoms with E-state index in [1.807, 2.05) is 42.1 Å². The topological polar surface area (TPSA) is 74.9 Å². The predicted molar refractivity (Wildman–Crippen MR) is 91.5 cm³/mol. The highest BCUT2D eigenvalue weighted by Gasteiger charge is 2.10. The number of nitrogens with one attached hydrogen (secondary N) is 1. The van der Waals surface area contributed by atoms with Crippen molar-refractivity contribution in [2.75, 3.05) is 11.0 Å². The molecule has 0 saturated heterocycles. The lowest BCUT2D eigenvalue weighted by Crippen LogP contribution is -2.09. The molecule has 0 unspecified atom stereocenters. The first kappa shape index (κ1) is 15.1. The van der Waals surface area contributed by atoms with Crippen molar-refractivity contribution in [1.29, 1.82) is 5.26 Å². The fourth-order valence-corrected chi connectivity index (χ4v) is 3.17. The van der Waals surface area contributed by atoms with Crippen LogP contribution in [-0.4, -0.2) is 19.2 Å². The molecule has 1 N–H and O–H groups in total. The Morgan fingerprint density at radius 2 is 1.83 bits per heavy atom. The summed E-state index contributed by atoms with van der Waals surface area (Å²) in [6.07, 6.45) is 3.13. The van der Waals surface area contributed by atoms with Gasteiger partial charge in [-0.2, -0.15) is 5.26 Å². The van der Waals surface area contributed by atoms with Gasteiger partial charge in [0.15, 0.2) is 0 Å². The molecule has 1 aromatic heterocycles. The summed E-state index contributed by atoms with van der Waals surface area (Å²) in [5, 5.41) is 9.91. The monoisotopic (exact) mass is 325 g/mol. The molecule has 3 aromatic rings. The summed E-state index contributed by atoms with van der Waals surface area (Å²) in [7, 11) is -1.39. The maximum absolute atomic E-state index is 11.4. The van der Waals surface area contributed by atoms with E-state index < -0.39 is 10.0 Å². The molecule has 1 heterocycles. The van der Waals surface area contributed by atoms with Crippen LogP contribution in [0.1, 0.15) is 5.56 Å². The number of nitrogens with zero attached hydrogens (tertiary/aromatic N) is 2. The molecule has 2 aromatic carbocycles. The van der Waals surface area contributed by atoms with Crippen molar-refractivity contribution < 1.29 is 8.42 Å². The van der Waals surface area contributed by atoms with E-state index in [1.54, 1.807) is 18.2 Å². The fraction of sp³-hybridized carbons (Fsp3) is 0.118. The number of rotatable bonds is 3. The summed E-state index contributed by atoms with van der Waals surface area (Å²) >= 11 is 0. The second-order valence-electron chi connectivity index (χ2n) is 5.45. The van der Waals surface area contributed by atoms with Crippen molar-refractivity contribution >= 4 is 26.6 Å². The molecule has 6 heteroatoms. The number of aromatic nitrogens is 1. The summed E-state index contributed by atoms with van der Waals surface area (Å²) < 4.78 is 27.2. The number of benzene rings is 2. The number of hydrogen-bond acceptors (Lipinski definition) is 3. The zero-order valence-electron chi connectivity index (χ0n) is 12.7. The third-order valence-corrected chi connectivity index (χ3v) is 4.23. The molecule has 0 bridgehead atoms. The van der Waals surface area contributed by atoms with Gasteiger partial charge in [0, 0.05) is 24.2 Å². The summed E-state index contributed by atoms with van der Waals surface area (Å²) in [5.74, 6) is 0. The molecular formula is C17H15N3O2S. The lowest BCUT2D eigenvalue weighted by Gasteiger charge is -2.05. The molecule has 0 saturated carbocycles. The van der Waals surface area contributed by atoms with Crippen LogP contribution >= 0.6 is 0 Å². The largest absolute Gasteiger partial charge is 0.350 e. The van der Waals surface area contributed by atoms with E-state index in [-0.39, 0.29) is 0 Å². The van der Waals surface area contributed by atoms with Gasteiger partial charge in [-0.05, 0) is 29.8 Å². The third kappa shape index (κ3) is 3.05. The summed E-state index contributed by atoms with van der Waals surface area (Å²) in [4.78, 5) is 0. The van der Waals surface area contributed by atoms with Crippen molar-refractivity contribution in [2.24, 2.45) is 7.05 Å². The quantitative estimate of drug-likeness (QED) is 0.804. The normalized spacial score (nSPS) is 11.3. The van der Waals surface area contributed by atoms with Crippen molar-refractivity contribution in [3.05, 3.63) is 54.2 Å². The van der Waals surface area contributed by atoms with Crippen LogP contribution in [0.15, 0.2) is 48.7 Å². The van der Waals surface area contributed by atoms with Crippen LogP contribution < -0.4 is 4.72 Å². The molecule has 0 fully saturated rings. The smallest absolute Gasteiger partial charge is 0.229 e. The number of nitriles is 1. The van der Waals surface area contributed by atoms with Gasteiger partial charge in [0.1, 0.15) is 0 Å². The Hall–Kier alpha value is -2.78. The first-order chi connectivity index (χ1) is 10.9. The van der Waals surface area contributed by atoms with E-state index in [0.29, 0.717) is 11.3 Å². The van der Waals surface area contributed by atoms with E-state index in [1.165, 1.54) is 0 Å². The van der Waals surface area contributed by atoms with Gasteiger partial charge in [-0.1, -0.05) is 18.2 Å². The molecule has 0 amide bonds. The van der Waals surface area contributed by atoms with Crippen LogP contribution in [0.3, 0.4) is 0 Å². The van der Waals surface area contributed by atoms with Gasteiger partial charge in [0.2, 0.25) is 10.0 Å². The Labute approximate surface area is 134 Å². The van der Waals surface area contributed by atoms with Crippen LogP contribution in [-0.2, 0) is 17.1 Å². The Morgan fingerprint density at radius 1 is 1.13 bits per heavy atom. The van der Waals surface area contributed by atoms with Crippen molar-refractivity contribution in [3.8, 4) is 17.2 Å². The van der Waals surface area contributed by atoms with Crippen molar-refractivity contribution in [2.45, 2.75) is 0 Å². The number of anilines is 1. The molecule has 0 spiro atoms. The van der Waals surface area contributed by atoms with Crippen LogP contribution in [0.5, 0.6) is 0 Å². The molecule has 0 aliphatic heterocycles. The molecule has 3 rings (SSSR count). The van der Waals surface area contributed by atoms with Gasteiger partial charge in [-0.3, -0.25) is 4.72 Å². The highest BCUT2D eigenvalue weighted by Crippen LogP contribution is 2.32. The highest BCUT2D eigenvalue weighted by atomic mass is 32.2. The number of hydrogen-bond donors (Lipinski definition) is 1. The van der Waals surface area contributed by atoms with E-state index in [9.17, 15) is 8.42 Å². The maximum atomic E-state index is 11.4. The van der Waals surface area contributed by atoms with Gasteiger partial charge in [-0.25, -0.2) is 8.42 Å². The number of aryl methyl sites for hydroxylation is 1. The third-order valence-electron chi connectivity index (χ3n) is 3.62. The average molecular weight is 325 g/mol. The van der Waals surface area contributed by atoms with E-state index in [2.05, 4.69) is 10.8 Å². The van der Waals surface area contributed by atoms with E-state index >= 15 is 0 Å². The summed E-state index contributed by atoms with van der Waals surface area (Å²) in [6, 6.07) is 15.0. The molecule has 5 nitrogen and oxygen atoms in total. The molecular weight excluding hydrogens is 310 g/mol. The molecule has 23 heavy (non-hydrogen) atoms. The molecule has 0 aliphatic carbocycles. The minimum Gasteiger partial charge on any atom is -0.350 e. The zero-order valence-corrected chi connectivity index (χ0v) is 13.6. The molecule has 0 atom stereocenters. The second kappa shape index (κ2) is 5.45. The average Bonchev–Trinajstić information content (AvgIpc) is 2.83. The zero-order chi connectivity index (χ0) is 16.6. The molecule has 116 valence electrons. The molecule has 0 radical (unpaired) electrons. The predicted octanol–water partition coefficient (Wildman–Crippen LogP) is 3.09. The highest BCUT2D eigenvalue weighted by molar-refractivity contribution is 7.92. The summed E-state index contributed by atoms with van der Waals surface area (Å²) in [6.45, 7) is 0. The van der Waals surface area contributed by atoms with Crippen LogP contribution in [0.25, 0.3) is 22.0 Å². The number of fused-ring (bicyclic) bond motifs is 1. The van der Waals surface area contributed by atoms with Crippen LogP contribution in [0.4, 0.5) is 5.69 Å². The lowest BCUT2D eigenvalue weighted by molar-refractivity contribution is 0.607. The van der Waals surface area contributed by atoms with Crippen molar-refractivity contribution in [1.82, 2.24) is 4.57 Å². The van der Waals surface area contributed by atoms with Gasteiger partial charge in [0.25, 0.3) is 0 Å². The van der Waals surface area contributed by atoms with E-state index in [4.69, 9.17) is 5.26 Å². The SMILES string of the molecule is Cn1cc(-c2ccc(C#N)cc2)c2ccc(NS(C)(=O)=O)cc21. The standard InChI is InChI=1S/C17H15N3O2S/c1-20-11-16(13-5-3-12(10-18)4-6-13)15-8-7-14(9-17(15)20)19-23(2,21)22/h3-9,11,19H,1-2H3.